The molecule has 6 nitrogen and oxygen atoms in total. The topological polar surface area (TPSA) is 59.4 Å². The number of carbonyl (C=O) groups is 1. The number of hydrogen-bond donors (Lipinski definition) is 1. The Morgan fingerprint density at radius 3 is 2.80 bits per heavy atom. The standard InChI is InChI=1S/C19H26N4O2/c1-15-14-18(25-2)9-13-22(15)19(24)20-11-8-16-4-6-17(7-5-16)23-12-3-10-21-23/h3-7,10,12,15,18H,8-9,11,13-14H2,1-2H3,(H,20,24). The molecule has 1 saturated heterocycles. The van der Waals surface area contributed by atoms with Gasteiger partial charge in [-0.05, 0) is 49.9 Å². The van der Waals surface area contributed by atoms with Gasteiger partial charge in [0.15, 0.2) is 0 Å². The Hall–Kier alpha value is -2.34. The van der Waals surface area contributed by atoms with E-state index in [1.54, 1.807) is 13.3 Å². The molecule has 0 aliphatic carbocycles. The zero-order valence-electron chi connectivity index (χ0n) is 14.9. The van der Waals surface area contributed by atoms with Crippen LogP contribution >= 0.6 is 0 Å². The smallest absolute Gasteiger partial charge is 0.317 e. The van der Waals surface area contributed by atoms with E-state index in [2.05, 4.69) is 29.5 Å². The number of benzene rings is 1. The van der Waals surface area contributed by atoms with E-state index in [0.29, 0.717) is 6.54 Å². The van der Waals surface area contributed by atoms with Crippen LogP contribution in [0.2, 0.25) is 0 Å². The third-order valence-corrected chi connectivity index (χ3v) is 4.82. The summed E-state index contributed by atoms with van der Waals surface area (Å²) in [6, 6.07) is 10.4. The van der Waals surface area contributed by atoms with Crippen molar-refractivity contribution in [3.05, 3.63) is 48.3 Å². The van der Waals surface area contributed by atoms with E-state index in [4.69, 9.17) is 4.74 Å². The summed E-state index contributed by atoms with van der Waals surface area (Å²) in [5, 5.41) is 7.25. The number of likely N-dealkylation sites (tertiary alicyclic amines) is 1. The molecule has 1 fully saturated rings. The lowest BCUT2D eigenvalue weighted by atomic mass is 10.0. The number of nitrogens with zero attached hydrogens (tertiary/aromatic N) is 3. The maximum absolute atomic E-state index is 12.4. The third-order valence-electron chi connectivity index (χ3n) is 4.82. The van der Waals surface area contributed by atoms with Gasteiger partial charge in [-0.25, -0.2) is 9.48 Å². The number of amides is 2. The van der Waals surface area contributed by atoms with Crippen LogP contribution in [0.3, 0.4) is 0 Å². The van der Waals surface area contributed by atoms with Crippen molar-refractivity contribution in [2.75, 3.05) is 20.2 Å². The van der Waals surface area contributed by atoms with E-state index < -0.39 is 0 Å². The van der Waals surface area contributed by atoms with Crippen molar-refractivity contribution in [1.29, 1.82) is 0 Å². The van der Waals surface area contributed by atoms with Crippen LogP contribution in [0.5, 0.6) is 0 Å². The zero-order valence-corrected chi connectivity index (χ0v) is 14.9. The highest BCUT2D eigenvalue weighted by Crippen LogP contribution is 2.19. The molecule has 0 bridgehead atoms. The fraction of sp³-hybridized carbons (Fsp3) is 0.474. The van der Waals surface area contributed by atoms with Gasteiger partial charge in [0.2, 0.25) is 0 Å². The average molecular weight is 342 g/mol. The molecule has 2 atom stereocenters. The van der Waals surface area contributed by atoms with Crippen LogP contribution in [0, 0.1) is 0 Å². The molecule has 0 saturated carbocycles. The molecule has 0 radical (unpaired) electrons. The number of ether oxygens (including phenoxy) is 1. The highest BCUT2D eigenvalue weighted by atomic mass is 16.5. The summed E-state index contributed by atoms with van der Waals surface area (Å²) in [7, 11) is 1.74. The summed E-state index contributed by atoms with van der Waals surface area (Å²) in [5.74, 6) is 0. The number of carbonyl (C=O) groups excluding carboxylic acids is 1. The largest absolute Gasteiger partial charge is 0.381 e. The summed E-state index contributed by atoms with van der Waals surface area (Å²) in [4.78, 5) is 14.3. The van der Waals surface area contributed by atoms with Gasteiger partial charge in [0.1, 0.15) is 0 Å². The van der Waals surface area contributed by atoms with Crippen LogP contribution in [0.15, 0.2) is 42.7 Å². The highest BCUT2D eigenvalue weighted by molar-refractivity contribution is 5.74. The molecule has 6 heteroatoms. The molecule has 1 aliphatic heterocycles. The van der Waals surface area contributed by atoms with Crippen LogP contribution in [0.1, 0.15) is 25.3 Å². The summed E-state index contributed by atoms with van der Waals surface area (Å²) < 4.78 is 7.23. The van der Waals surface area contributed by atoms with E-state index in [1.807, 2.05) is 34.0 Å². The Kier molecular flexibility index (Phi) is 5.71. The molecule has 1 N–H and O–H groups in total. The van der Waals surface area contributed by atoms with Gasteiger partial charge >= 0.3 is 6.03 Å². The number of rotatable bonds is 5. The molecule has 1 aromatic heterocycles. The lowest BCUT2D eigenvalue weighted by Gasteiger charge is -2.37. The van der Waals surface area contributed by atoms with Crippen molar-refractivity contribution in [3.8, 4) is 5.69 Å². The second kappa shape index (κ2) is 8.16. The molecule has 3 rings (SSSR count). The first kappa shape index (κ1) is 17.5. The molecule has 0 spiro atoms. The summed E-state index contributed by atoms with van der Waals surface area (Å²) in [5.41, 5.74) is 2.23. The minimum atomic E-state index is 0.0233. The number of hydrogen-bond acceptors (Lipinski definition) is 3. The van der Waals surface area contributed by atoms with Gasteiger partial charge in [0.25, 0.3) is 0 Å². The fourth-order valence-corrected chi connectivity index (χ4v) is 3.30. The minimum Gasteiger partial charge on any atom is -0.381 e. The van der Waals surface area contributed by atoms with E-state index >= 15 is 0 Å². The molecule has 2 unspecified atom stereocenters. The number of nitrogens with one attached hydrogen (secondary N) is 1. The van der Waals surface area contributed by atoms with Gasteiger partial charge in [-0.3, -0.25) is 0 Å². The number of piperidine rings is 1. The van der Waals surface area contributed by atoms with Crippen LogP contribution in [0.25, 0.3) is 5.69 Å². The molecule has 2 amide bonds. The molecule has 1 aromatic carbocycles. The van der Waals surface area contributed by atoms with Crippen molar-refractivity contribution in [1.82, 2.24) is 20.0 Å². The quantitative estimate of drug-likeness (QED) is 0.909. The predicted octanol–water partition coefficient (Wildman–Crippen LogP) is 2.62. The van der Waals surface area contributed by atoms with Gasteiger partial charge in [0, 0.05) is 38.6 Å². The number of aromatic nitrogens is 2. The fourth-order valence-electron chi connectivity index (χ4n) is 3.30. The lowest BCUT2D eigenvalue weighted by Crippen LogP contribution is -2.50. The van der Waals surface area contributed by atoms with E-state index in [1.165, 1.54) is 5.56 Å². The zero-order chi connectivity index (χ0) is 17.6. The van der Waals surface area contributed by atoms with E-state index in [-0.39, 0.29) is 18.2 Å². The molecule has 2 heterocycles. The first-order valence-corrected chi connectivity index (χ1v) is 8.83. The molecular weight excluding hydrogens is 316 g/mol. The molecule has 1 aliphatic rings. The van der Waals surface area contributed by atoms with Crippen molar-refractivity contribution in [2.24, 2.45) is 0 Å². The third kappa shape index (κ3) is 4.39. The predicted molar refractivity (Wildman–Crippen MR) is 96.9 cm³/mol. The molecule has 2 aromatic rings. The maximum atomic E-state index is 12.4. The summed E-state index contributed by atoms with van der Waals surface area (Å²) in [6.45, 7) is 3.47. The van der Waals surface area contributed by atoms with Crippen LogP contribution in [0.4, 0.5) is 4.79 Å². The van der Waals surface area contributed by atoms with Gasteiger partial charge in [-0.1, -0.05) is 12.1 Å². The van der Waals surface area contributed by atoms with Crippen molar-refractivity contribution >= 4 is 6.03 Å². The second-order valence-corrected chi connectivity index (χ2v) is 6.52. The number of methoxy groups -OCH3 is 1. The van der Waals surface area contributed by atoms with Crippen molar-refractivity contribution in [3.63, 3.8) is 0 Å². The number of urea groups is 1. The Bertz CT molecular complexity index is 669. The van der Waals surface area contributed by atoms with Gasteiger partial charge in [-0.15, -0.1) is 0 Å². The lowest BCUT2D eigenvalue weighted by molar-refractivity contribution is 0.0294. The van der Waals surface area contributed by atoms with Crippen molar-refractivity contribution in [2.45, 2.75) is 38.3 Å². The summed E-state index contributed by atoms with van der Waals surface area (Å²) in [6.07, 6.45) is 6.58. The Morgan fingerprint density at radius 1 is 1.36 bits per heavy atom. The Labute approximate surface area is 148 Å². The van der Waals surface area contributed by atoms with Gasteiger partial charge in [-0.2, -0.15) is 5.10 Å². The normalized spacial score (nSPS) is 20.5. The van der Waals surface area contributed by atoms with Crippen LogP contribution in [-0.4, -0.2) is 53.1 Å². The molecular formula is C19H26N4O2. The first-order valence-electron chi connectivity index (χ1n) is 8.83. The highest BCUT2D eigenvalue weighted by Gasteiger charge is 2.28. The average Bonchev–Trinajstić information content (AvgIpc) is 3.16. The molecule has 134 valence electrons. The van der Waals surface area contributed by atoms with Crippen molar-refractivity contribution < 1.29 is 9.53 Å². The van der Waals surface area contributed by atoms with E-state index in [9.17, 15) is 4.79 Å². The first-order chi connectivity index (χ1) is 12.2. The van der Waals surface area contributed by atoms with Gasteiger partial charge < -0.3 is 15.0 Å². The van der Waals surface area contributed by atoms with Gasteiger partial charge in [0.05, 0.1) is 11.8 Å². The summed E-state index contributed by atoms with van der Waals surface area (Å²) >= 11 is 0. The monoisotopic (exact) mass is 342 g/mol. The Morgan fingerprint density at radius 2 is 2.16 bits per heavy atom. The van der Waals surface area contributed by atoms with Crippen LogP contribution in [-0.2, 0) is 11.2 Å². The van der Waals surface area contributed by atoms with E-state index in [0.717, 1.165) is 31.5 Å². The maximum Gasteiger partial charge on any atom is 0.317 e. The van der Waals surface area contributed by atoms with Crippen LogP contribution < -0.4 is 5.32 Å². The Balaban J connectivity index is 1.45. The SMILES string of the molecule is COC1CCN(C(=O)NCCc2ccc(-n3cccn3)cc2)C(C)C1. The second-order valence-electron chi connectivity index (χ2n) is 6.52. The minimum absolute atomic E-state index is 0.0233. The molecule has 25 heavy (non-hydrogen) atoms.